The van der Waals surface area contributed by atoms with E-state index >= 15 is 0 Å². The van der Waals surface area contributed by atoms with Gasteiger partial charge in [-0.2, -0.15) is 0 Å². The van der Waals surface area contributed by atoms with E-state index in [1.807, 2.05) is 0 Å². The van der Waals surface area contributed by atoms with Gasteiger partial charge in [0, 0.05) is 13.1 Å². The second kappa shape index (κ2) is 6.59. The number of Topliss-reactive ketones (excluding diaryl/α,β-unsaturated/α-hetero) is 1. The van der Waals surface area contributed by atoms with Gasteiger partial charge < -0.3 is 4.74 Å². The SMILES string of the molecule is CCCN1CCOC(C(=O)c2cccc(Br)c2F)C1. The van der Waals surface area contributed by atoms with Crippen molar-refractivity contribution in [1.29, 1.82) is 0 Å². The van der Waals surface area contributed by atoms with Gasteiger partial charge in [-0.3, -0.25) is 9.69 Å². The summed E-state index contributed by atoms with van der Waals surface area (Å²) >= 11 is 3.10. The second-order valence-corrected chi connectivity index (χ2v) is 5.48. The smallest absolute Gasteiger partial charge is 0.195 e. The summed E-state index contributed by atoms with van der Waals surface area (Å²) in [7, 11) is 0. The van der Waals surface area contributed by atoms with Crippen molar-refractivity contribution < 1.29 is 13.9 Å². The van der Waals surface area contributed by atoms with Gasteiger partial charge in [-0.1, -0.05) is 13.0 Å². The summed E-state index contributed by atoms with van der Waals surface area (Å²) in [6, 6.07) is 4.74. The molecule has 104 valence electrons. The normalized spacial score (nSPS) is 20.5. The predicted molar refractivity (Wildman–Crippen MR) is 74.9 cm³/mol. The van der Waals surface area contributed by atoms with Crippen molar-refractivity contribution in [2.75, 3.05) is 26.2 Å². The minimum absolute atomic E-state index is 0.0951. The lowest BCUT2D eigenvalue weighted by Gasteiger charge is -2.31. The molecular weight excluding hydrogens is 313 g/mol. The van der Waals surface area contributed by atoms with Crippen LogP contribution >= 0.6 is 15.9 Å². The number of hydrogen-bond donors (Lipinski definition) is 0. The molecule has 0 aliphatic carbocycles. The first-order valence-electron chi connectivity index (χ1n) is 6.45. The first-order chi connectivity index (χ1) is 9.13. The number of ketones is 1. The molecule has 1 aliphatic rings. The second-order valence-electron chi connectivity index (χ2n) is 4.63. The van der Waals surface area contributed by atoms with Crippen LogP contribution in [0.2, 0.25) is 0 Å². The van der Waals surface area contributed by atoms with Crippen LogP contribution in [-0.4, -0.2) is 43.0 Å². The van der Waals surface area contributed by atoms with Gasteiger partial charge in [0.15, 0.2) is 5.78 Å². The Kier molecular flexibility index (Phi) is 5.07. The number of benzene rings is 1. The summed E-state index contributed by atoms with van der Waals surface area (Å²) in [5.74, 6) is -0.789. The van der Waals surface area contributed by atoms with Crippen LogP contribution in [0.1, 0.15) is 23.7 Å². The van der Waals surface area contributed by atoms with E-state index in [2.05, 4.69) is 27.8 Å². The van der Waals surface area contributed by atoms with Gasteiger partial charge in [0.2, 0.25) is 0 Å². The predicted octanol–water partition coefficient (Wildman–Crippen LogP) is 2.88. The van der Waals surface area contributed by atoms with Crippen molar-refractivity contribution in [2.24, 2.45) is 0 Å². The third-order valence-electron chi connectivity index (χ3n) is 3.20. The highest BCUT2D eigenvalue weighted by Crippen LogP contribution is 2.21. The number of carbonyl (C=O) groups is 1. The van der Waals surface area contributed by atoms with Crippen molar-refractivity contribution in [2.45, 2.75) is 19.4 Å². The van der Waals surface area contributed by atoms with Crippen molar-refractivity contribution in [3.8, 4) is 0 Å². The molecule has 1 aromatic rings. The van der Waals surface area contributed by atoms with Crippen LogP contribution in [0.25, 0.3) is 0 Å². The third kappa shape index (κ3) is 3.41. The minimum Gasteiger partial charge on any atom is -0.367 e. The molecule has 1 aliphatic heterocycles. The zero-order valence-corrected chi connectivity index (χ0v) is 12.5. The summed E-state index contributed by atoms with van der Waals surface area (Å²) in [5, 5.41) is 0. The fourth-order valence-electron chi connectivity index (χ4n) is 2.25. The Hall–Kier alpha value is -0.780. The molecule has 3 nitrogen and oxygen atoms in total. The van der Waals surface area contributed by atoms with E-state index in [4.69, 9.17) is 4.74 Å². The van der Waals surface area contributed by atoms with E-state index in [1.165, 1.54) is 6.07 Å². The molecule has 0 saturated carbocycles. The first kappa shape index (κ1) is 14.6. The lowest BCUT2D eigenvalue weighted by molar-refractivity contribution is -0.0165. The lowest BCUT2D eigenvalue weighted by atomic mass is 10.0. The number of ether oxygens (including phenoxy) is 1. The molecule has 1 unspecified atom stereocenters. The summed E-state index contributed by atoms with van der Waals surface area (Å²) < 4.78 is 19.7. The lowest BCUT2D eigenvalue weighted by Crippen LogP contribution is -2.46. The third-order valence-corrected chi connectivity index (χ3v) is 3.81. The molecule has 0 bridgehead atoms. The average molecular weight is 330 g/mol. The van der Waals surface area contributed by atoms with Crippen LogP contribution < -0.4 is 0 Å². The molecule has 0 aromatic heterocycles. The van der Waals surface area contributed by atoms with Crippen molar-refractivity contribution in [3.05, 3.63) is 34.1 Å². The number of nitrogens with zero attached hydrogens (tertiary/aromatic N) is 1. The van der Waals surface area contributed by atoms with Crippen LogP contribution in [-0.2, 0) is 4.74 Å². The van der Waals surface area contributed by atoms with E-state index in [0.29, 0.717) is 17.6 Å². The molecule has 2 rings (SSSR count). The maximum Gasteiger partial charge on any atom is 0.195 e. The fourth-order valence-corrected chi connectivity index (χ4v) is 2.61. The van der Waals surface area contributed by atoms with Gasteiger partial charge in [0.25, 0.3) is 0 Å². The highest BCUT2D eigenvalue weighted by molar-refractivity contribution is 9.10. The zero-order valence-electron chi connectivity index (χ0n) is 10.9. The molecule has 19 heavy (non-hydrogen) atoms. The van der Waals surface area contributed by atoms with Crippen LogP contribution in [0.3, 0.4) is 0 Å². The largest absolute Gasteiger partial charge is 0.367 e. The number of halogens is 2. The van der Waals surface area contributed by atoms with E-state index in [9.17, 15) is 9.18 Å². The van der Waals surface area contributed by atoms with Crippen molar-refractivity contribution in [1.82, 2.24) is 4.90 Å². The van der Waals surface area contributed by atoms with Crippen LogP contribution in [0.15, 0.2) is 22.7 Å². The number of morpholine rings is 1. The number of rotatable bonds is 4. The highest BCUT2D eigenvalue weighted by Gasteiger charge is 2.29. The molecule has 1 atom stereocenters. The molecule has 1 fully saturated rings. The van der Waals surface area contributed by atoms with Crippen molar-refractivity contribution in [3.63, 3.8) is 0 Å². The molecule has 5 heteroatoms. The van der Waals surface area contributed by atoms with Crippen LogP contribution in [0.4, 0.5) is 4.39 Å². The van der Waals surface area contributed by atoms with Gasteiger partial charge in [-0.25, -0.2) is 4.39 Å². The molecular formula is C14H17BrFNO2. The number of carbonyl (C=O) groups excluding carboxylic acids is 1. The molecule has 0 amide bonds. The van der Waals surface area contributed by atoms with E-state index < -0.39 is 11.9 Å². The Morgan fingerprint density at radius 3 is 3.11 bits per heavy atom. The molecule has 0 N–H and O–H groups in total. The Labute approximate surface area is 120 Å². The topological polar surface area (TPSA) is 29.5 Å². The van der Waals surface area contributed by atoms with Crippen molar-refractivity contribution >= 4 is 21.7 Å². The fraction of sp³-hybridized carbons (Fsp3) is 0.500. The van der Waals surface area contributed by atoms with Crippen LogP contribution in [0, 0.1) is 5.82 Å². The average Bonchev–Trinajstić information content (AvgIpc) is 2.42. The highest BCUT2D eigenvalue weighted by atomic mass is 79.9. The Morgan fingerprint density at radius 2 is 2.37 bits per heavy atom. The van der Waals surface area contributed by atoms with Gasteiger partial charge in [0.1, 0.15) is 11.9 Å². The number of hydrogen-bond acceptors (Lipinski definition) is 3. The van der Waals surface area contributed by atoms with Gasteiger partial charge >= 0.3 is 0 Å². The molecule has 1 aromatic carbocycles. The van der Waals surface area contributed by atoms with Gasteiger partial charge in [-0.15, -0.1) is 0 Å². The minimum atomic E-state index is -0.566. The first-order valence-corrected chi connectivity index (χ1v) is 7.25. The Morgan fingerprint density at radius 1 is 1.58 bits per heavy atom. The Bertz CT molecular complexity index is 465. The maximum absolute atomic E-state index is 13.9. The standard InChI is InChI=1S/C14H17BrFNO2/c1-2-6-17-7-8-19-12(9-17)14(18)10-4-3-5-11(15)13(10)16/h3-5,12H,2,6-9H2,1H3. The molecule has 1 saturated heterocycles. The van der Waals surface area contributed by atoms with E-state index in [1.54, 1.807) is 12.1 Å². The summed E-state index contributed by atoms with van der Waals surface area (Å²) in [6.45, 7) is 4.93. The Balaban J connectivity index is 2.12. The summed E-state index contributed by atoms with van der Waals surface area (Å²) in [6.07, 6.45) is 0.468. The van der Waals surface area contributed by atoms with Crippen LogP contribution in [0.5, 0.6) is 0 Å². The quantitative estimate of drug-likeness (QED) is 0.795. The van der Waals surface area contributed by atoms with Gasteiger partial charge in [0.05, 0.1) is 16.6 Å². The monoisotopic (exact) mass is 329 g/mol. The van der Waals surface area contributed by atoms with E-state index in [-0.39, 0.29) is 11.3 Å². The van der Waals surface area contributed by atoms with E-state index in [0.717, 1.165) is 19.5 Å². The zero-order chi connectivity index (χ0) is 13.8. The summed E-state index contributed by atoms with van der Waals surface area (Å²) in [4.78, 5) is 14.5. The molecule has 1 heterocycles. The molecule has 0 radical (unpaired) electrons. The van der Waals surface area contributed by atoms with Gasteiger partial charge in [-0.05, 0) is 41.0 Å². The maximum atomic E-state index is 13.9. The molecule has 0 spiro atoms. The summed E-state index contributed by atoms with van der Waals surface area (Å²) in [5.41, 5.74) is 0.0951.